The topological polar surface area (TPSA) is 160 Å². The number of hydrogen-bond acceptors (Lipinski definition) is 14. The maximum atomic E-state index is 12.2. The number of aryl methyl sites for hydroxylation is 2. The number of pyridine rings is 4. The van der Waals surface area contributed by atoms with Gasteiger partial charge in [0.1, 0.15) is 49.4 Å². The monoisotopic (exact) mass is 812 g/mol. The number of carbonyl (C=O) groups is 2. The zero-order valence-electron chi connectivity index (χ0n) is 32.8. The summed E-state index contributed by atoms with van der Waals surface area (Å²) in [6, 6.07) is 29.7. The molecule has 0 aliphatic heterocycles. The Bertz CT molecular complexity index is 2100. The summed E-state index contributed by atoms with van der Waals surface area (Å²) >= 11 is 0. The lowest BCUT2D eigenvalue weighted by atomic mass is 10.1. The molecule has 2 aromatic carbocycles. The molecule has 6 rings (SSSR count). The van der Waals surface area contributed by atoms with Gasteiger partial charge < -0.3 is 37.9 Å². The molecule has 60 heavy (non-hydrogen) atoms. The number of para-hydroxylation sites is 2. The third-order valence-corrected chi connectivity index (χ3v) is 8.35. The smallest absolute Gasteiger partial charge is 0.331 e. The van der Waals surface area contributed by atoms with Gasteiger partial charge in [0.15, 0.2) is 11.5 Å². The third-order valence-electron chi connectivity index (χ3n) is 8.35. The minimum Gasteiger partial charge on any atom is -0.488 e. The van der Waals surface area contributed by atoms with Gasteiger partial charge in [-0.1, -0.05) is 36.4 Å². The fraction of sp³-hybridized carbons (Fsp3) is 0.217. The highest BCUT2D eigenvalue weighted by Gasteiger charge is 2.11. The van der Waals surface area contributed by atoms with Crippen molar-refractivity contribution in [1.82, 2.24) is 19.9 Å². The van der Waals surface area contributed by atoms with Crippen LogP contribution in [0.2, 0.25) is 0 Å². The molecule has 0 aliphatic rings. The van der Waals surface area contributed by atoms with Crippen molar-refractivity contribution in [3.63, 3.8) is 0 Å². The Labute approximate surface area is 347 Å². The standard InChI is InChI=1S/C46H44N4O10/c51-43(57-31-29-55-41-33-47-25-21-35(41)11-9-27-53-39-17-7-23-49-45(39)59-37-13-3-1-4-14-37)19-20-44(52)58-32-30-56-42-34-48-26-22-36(42)12-10-28-54-40-18-8-24-50-46(40)60-38-15-5-2-6-16-38/h1-8,13-26,33-34H,9-12,27-32H2/b20-19+. The van der Waals surface area contributed by atoms with Gasteiger partial charge in [0.25, 0.3) is 11.8 Å². The number of hydrogen-bond donors (Lipinski definition) is 0. The highest BCUT2D eigenvalue weighted by molar-refractivity contribution is 5.91. The zero-order chi connectivity index (χ0) is 41.5. The molecule has 0 saturated heterocycles. The Morgan fingerprint density at radius 3 is 1.33 bits per heavy atom. The molecule has 0 unspecified atom stereocenters. The van der Waals surface area contributed by atoms with Crippen molar-refractivity contribution in [2.45, 2.75) is 25.7 Å². The van der Waals surface area contributed by atoms with Gasteiger partial charge in [-0.15, -0.1) is 0 Å². The van der Waals surface area contributed by atoms with E-state index in [0.29, 0.717) is 85.2 Å². The van der Waals surface area contributed by atoms with Crippen LogP contribution in [-0.4, -0.2) is 71.5 Å². The summed E-state index contributed by atoms with van der Waals surface area (Å²) in [5.41, 5.74) is 1.85. The van der Waals surface area contributed by atoms with Crippen molar-refractivity contribution < 1.29 is 47.5 Å². The summed E-state index contributed by atoms with van der Waals surface area (Å²) in [4.78, 5) is 41.3. The highest BCUT2D eigenvalue weighted by atomic mass is 16.6. The number of nitrogens with zero attached hydrogens (tertiary/aromatic N) is 4. The first-order chi connectivity index (χ1) is 29.6. The summed E-state index contributed by atoms with van der Waals surface area (Å²) < 4.78 is 45.7. The molecule has 0 atom stereocenters. The number of aromatic nitrogens is 4. The molecule has 0 fully saturated rings. The predicted octanol–water partition coefficient (Wildman–Crippen LogP) is 7.97. The number of carbonyl (C=O) groups excluding carboxylic acids is 2. The molecule has 0 saturated carbocycles. The van der Waals surface area contributed by atoms with Crippen LogP contribution < -0.4 is 28.4 Å². The van der Waals surface area contributed by atoms with Crippen LogP contribution in [0.4, 0.5) is 0 Å². The van der Waals surface area contributed by atoms with Crippen molar-refractivity contribution in [2.24, 2.45) is 0 Å². The summed E-state index contributed by atoms with van der Waals surface area (Å²) in [5, 5.41) is 0. The number of esters is 2. The highest BCUT2D eigenvalue weighted by Crippen LogP contribution is 2.30. The van der Waals surface area contributed by atoms with Crippen LogP contribution in [0.3, 0.4) is 0 Å². The fourth-order valence-corrected chi connectivity index (χ4v) is 5.53. The van der Waals surface area contributed by atoms with Gasteiger partial charge in [0.2, 0.25) is 0 Å². The van der Waals surface area contributed by atoms with Gasteiger partial charge >= 0.3 is 11.9 Å². The minimum atomic E-state index is -0.714. The van der Waals surface area contributed by atoms with Crippen molar-refractivity contribution >= 4 is 11.9 Å². The van der Waals surface area contributed by atoms with Crippen molar-refractivity contribution in [3.8, 4) is 46.3 Å². The van der Waals surface area contributed by atoms with Gasteiger partial charge in [-0.05, 0) is 97.5 Å². The van der Waals surface area contributed by atoms with Crippen molar-refractivity contribution in [3.05, 3.63) is 158 Å². The van der Waals surface area contributed by atoms with E-state index in [-0.39, 0.29) is 26.4 Å². The van der Waals surface area contributed by atoms with E-state index in [4.69, 9.17) is 37.9 Å². The van der Waals surface area contributed by atoms with E-state index in [1.54, 1.807) is 49.3 Å². The van der Waals surface area contributed by atoms with Crippen molar-refractivity contribution in [1.29, 1.82) is 0 Å². The van der Waals surface area contributed by atoms with Crippen LogP contribution in [0.25, 0.3) is 0 Å². The average Bonchev–Trinajstić information content (AvgIpc) is 3.28. The molecule has 0 radical (unpaired) electrons. The third kappa shape index (κ3) is 14.2. The molecule has 0 spiro atoms. The Balaban J connectivity index is 0.833. The first kappa shape index (κ1) is 42.1. The summed E-state index contributed by atoms with van der Waals surface area (Å²) in [6.07, 6.45) is 14.6. The van der Waals surface area contributed by atoms with E-state index >= 15 is 0 Å². The molecule has 6 aromatic rings. The Hall–Kier alpha value is -7.48. The van der Waals surface area contributed by atoms with Crippen LogP contribution in [0.1, 0.15) is 24.0 Å². The summed E-state index contributed by atoms with van der Waals surface area (Å²) in [5.74, 6) is 2.92. The number of rotatable bonds is 24. The molecule has 4 aromatic heterocycles. The van der Waals surface area contributed by atoms with Gasteiger partial charge in [0.05, 0.1) is 25.6 Å². The number of ether oxygens (including phenoxy) is 8. The molecule has 0 N–H and O–H groups in total. The molecular weight excluding hydrogens is 769 g/mol. The van der Waals surface area contributed by atoms with Crippen LogP contribution >= 0.6 is 0 Å². The largest absolute Gasteiger partial charge is 0.488 e. The van der Waals surface area contributed by atoms with E-state index in [2.05, 4.69) is 19.9 Å². The lowest BCUT2D eigenvalue weighted by Gasteiger charge is -2.13. The van der Waals surface area contributed by atoms with E-state index < -0.39 is 11.9 Å². The predicted molar refractivity (Wildman–Crippen MR) is 220 cm³/mol. The van der Waals surface area contributed by atoms with Crippen molar-refractivity contribution in [2.75, 3.05) is 39.6 Å². The lowest BCUT2D eigenvalue weighted by molar-refractivity contribution is -0.141. The average molecular weight is 813 g/mol. The molecular formula is C46H44N4O10. The normalized spacial score (nSPS) is 10.7. The van der Waals surface area contributed by atoms with Crippen LogP contribution in [0.5, 0.6) is 46.3 Å². The summed E-state index contributed by atoms with van der Waals surface area (Å²) in [6.45, 7) is 0.934. The van der Waals surface area contributed by atoms with E-state index in [1.807, 2.05) is 84.9 Å². The zero-order valence-corrected chi connectivity index (χ0v) is 32.8. The second kappa shape index (κ2) is 23.7. The minimum absolute atomic E-state index is 0.0402. The second-order valence-corrected chi connectivity index (χ2v) is 12.7. The quantitative estimate of drug-likeness (QED) is 0.0329. The van der Waals surface area contributed by atoms with E-state index in [1.165, 1.54) is 0 Å². The molecule has 14 heteroatoms. The molecule has 4 heterocycles. The SMILES string of the molecule is O=C(/C=C/C(=O)OCCOc1cnccc1CCCOc1cccnc1Oc1ccccc1)OCCOc1cnccc1CCCOc1cccnc1Oc1ccccc1. The van der Waals surface area contributed by atoms with Crippen LogP contribution in [0.15, 0.2) is 146 Å². The van der Waals surface area contributed by atoms with Gasteiger partial charge in [-0.2, -0.15) is 0 Å². The maximum Gasteiger partial charge on any atom is 0.331 e. The van der Waals surface area contributed by atoms with Gasteiger partial charge in [0, 0.05) is 36.9 Å². The van der Waals surface area contributed by atoms with E-state index in [9.17, 15) is 9.59 Å². The Morgan fingerprint density at radius 2 is 0.883 bits per heavy atom. The van der Waals surface area contributed by atoms with Crippen LogP contribution in [0, 0.1) is 0 Å². The second-order valence-electron chi connectivity index (χ2n) is 12.7. The summed E-state index contributed by atoms with van der Waals surface area (Å²) in [7, 11) is 0. The molecule has 308 valence electrons. The Morgan fingerprint density at radius 1 is 0.450 bits per heavy atom. The van der Waals surface area contributed by atoms with E-state index in [0.717, 1.165) is 23.3 Å². The van der Waals surface area contributed by atoms with Gasteiger partial charge in [-0.25, -0.2) is 19.6 Å². The first-order valence-electron chi connectivity index (χ1n) is 19.3. The van der Waals surface area contributed by atoms with Crippen LogP contribution in [-0.2, 0) is 31.9 Å². The maximum absolute atomic E-state index is 12.2. The number of benzene rings is 2. The molecule has 0 amide bonds. The lowest BCUT2D eigenvalue weighted by Crippen LogP contribution is -2.13. The molecule has 0 bridgehead atoms. The molecule has 0 aliphatic carbocycles. The van der Waals surface area contributed by atoms with Gasteiger partial charge in [-0.3, -0.25) is 9.97 Å². The first-order valence-corrected chi connectivity index (χ1v) is 19.3. The fourth-order valence-electron chi connectivity index (χ4n) is 5.53. The Kier molecular flexibility index (Phi) is 16.6. The molecule has 14 nitrogen and oxygen atoms in total.